The number of nitrogens with zero attached hydrogens (tertiary/aromatic N) is 4. The van der Waals surface area contributed by atoms with Crippen LogP contribution in [0.2, 0.25) is 0 Å². The number of ether oxygens (including phenoxy) is 2. The lowest BCUT2D eigenvalue weighted by atomic mass is 10.1. The lowest BCUT2D eigenvalue weighted by molar-refractivity contribution is -0.116. The van der Waals surface area contributed by atoms with E-state index in [0.717, 1.165) is 24.1 Å². The summed E-state index contributed by atoms with van der Waals surface area (Å²) in [5.74, 6) is 0.190. The average molecular weight is 538 g/mol. The smallest absolute Gasteiger partial charge is 0.412 e. The zero-order valence-corrected chi connectivity index (χ0v) is 23.2. The van der Waals surface area contributed by atoms with Crippen LogP contribution in [-0.4, -0.2) is 57.1 Å². The molecule has 9 nitrogen and oxygen atoms in total. The Labute approximate surface area is 231 Å². The third-order valence-electron chi connectivity index (χ3n) is 7.37. The van der Waals surface area contributed by atoms with E-state index in [1.165, 1.54) is 57.4 Å². The zero-order valence-electron chi connectivity index (χ0n) is 23.2. The van der Waals surface area contributed by atoms with E-state index in [1.54, 1.807) is 9.58 Å². The molecule has 0 aliphatic carbocycles. The summed E-state index contributed by atoms with van der Waals surface area (Å²) in [6.07, 6.45) is 15.9. The molecule has 1 aromatic heterocycles. The largest absolute Gasteiger partial charge is 0.415 e. The van der Waals surface area contributed by atoms with Crippen LogP contribution in [0.3, 0.4) is 0 Å². The zero-order chi connectivity index (χ0) is 27.3. The molecule has 2 aromatic rings. The molecule has 2 fully saturated rings. The van der Waals surface area contributed by atoms with Gasteiger partial charge in [0.25, 0.3) is 0 Å². The van der Waals surface area contributed by atoms with Gasteiger partial charge in [-0.3, -0.25) is 9.69 Å². The average Bonchev–Trinajstić information content (AvgIpc) is 3.64. The van der Waals surface area contributed by atoms with Gasteiger partial charge in [-0.2, -0.15) is 0 Å². The van der Waals surface area contributed by atoms with Crippen LogP contribution in [0.4, 0.5) is 4.79 Å². The highest BCUT2D eigenvalue weighted by Gasteiger charge is 2.46. The van der Waals surface area contributed by atoms with E-state index in [-0.39, 0.29) is 18.1 Å². The molecule has 9 heteroatoms. The SMILES string of the molecule is CCCCCCCCCCCCNC(=O)/C=C1\OC(=O)N2C[C@H](OCc3cn(Cc4ccccc4)nn3)C[C@@H]12. The molecule has 0 radical (unpaired) electrons. The normalized spacial score (nSPS) is 19.5. The molecule has 2 saturated heterocycles. The number of nitrogens with one attached hydrogen (secondary N) is 1. The Kier molecular flexibility index (Phi) is 11.4. The van der Waals surface area contributed by atoms with Crippen molar-refractivity contribution in [3.8, 4) is 0 Å². The fourth-order valence-corrected chi connectivity index (χ4v) is 5.20. The van der Waals surface area contributed by atoms with E-state index >= 15 is 0 Å². The lowest BCUT2D eigenvalue weighted by Crippen LogP contribution is -2.28. The van der Waals surface area contributed by atoms with E-state index in [0.29, 0.717) is 38.4 Å². The first-order valence-electron chi connectivity index (χ1n) is 14.6. The van der Waals surface area contributed by atoms with Crippen molar-refractivity contribution in [2.75, 3.05) is 13.1 Å². The summed E-state index contributed by atoms with van der Waals surface area (Å²) in [7, 11) is 0. The number of unbranched alkanes of at least 4 members (excludes halogenated alkanes) is 9. The van der Waals surface area contributed by atoms with Crippen LogP contribution in [0.25, 0.3) is 0 Å². The molecule has 0 unspecified atom stereocenters. The van der Waals surface area contributed by atoms with Crippen LogP contribution in [0.5, 0.6) is 0 Å². The Hall–Kier alpha value is -3.20. The molecule has 1 aromatic carbocycles. The Balaban J connectivity index is 1.12. The molecule has 39 heavy (non-hydrogen) atoms. The van der Waals surface area contributed by atoms with Crippen molar-refractivity contribution in [2.45, 2.75) is 103 Å². The van der Waals surface area contributed by atoms with Gasteiger partial charge in [-0.25, -0.2) is 9.48 Å². The van der Waals surface area contributed by atoms with Gasteiger partial charge in [0.05, 0.1) is 38.0 Å². The second-order valence-corrected chi connectivity index (χ2v) is 10.6. The standard InChI is InChI=1S/C30H43N5O4/c1-2-3-4-5-6-7-8-9-10-14-17-31-29(36)19-28-27-18-26(22-35(27)30(37)39-28)38-23-25-21-34(33-32-25)20-24-15-12-11-13-16-24/h11-13,15-16,19,21,26-27H,2-10,14,17-18,20,22-23H2,1H3,(H,31,36)/b28-19-/t26-,27+/m1/s1. The lowest BCUT2D eigenvalue weighted by Gasteiger charge is -2.11. The van der Waals surface area contributed by atoms with Crippen molar-refractivity contribution in [3.63, 3.8) is 0 Å². The molecule has 2 atom stereocenters. The van der Waals surface area contributed by atoms with Crippen LogP contribution in [-0.2, 0) is 27.4 Å². The van der Waals surface area contributed by atoms with Gasteiger partial charge in [-0.15, -0.1) is 5.10 Å². The number of amides is 2. The summed E-state index contributed by atoms with van der Waals surface area (Å²) >= 11 is 0. The minimum Gasteiger partial charge on any atom is -0.412 e. The molecular formula is C30H43N5O4. The van der Waals surface area contributed by atoms with Gasteiger partial charge in [-0.1, -0.05) is 100 Å². The topological polar surface area (TPSA) is 98.6 Å². The van der Waals surface area contributed by atoms with E-state index in [2.05, 4.69) is 22.6 Å². The maximum absolute atomic E-state index is 12.4. The van der Waals surface area contributed by atoms with Gasteiger partial charge in [0, 0.05) is 19.0 Å². The molecule has 0 saturated carbocycles. The van der Waals surface area contributed by atoms with Crippen LogP contribution in [0, 0.1) is 0 Å². The number of hydrogen-bond donors (Lipinski definition) is 1. The third kappa shape index (κ3) is 9.20. The first-order valence-corrected chi connectivity index (χ1v) is 14.6. The fourth-order valence-electron chi connectivity index (χ4n) is 5.20. The van der Waals surface area contributed by atoms with E-state index in [1.807, 2.05) is 36.5 Å². The summed E-state index contributed by atoms with van der Waals surface area (Å²) < 4.78 is 13.2. The summed E-state index contributed by atoms with van der Waals surface area (Å²) in [6, 6.07) is 9.81. The molecule has 1 N–H and O–H groups in total. The van der Waals surface area contributed by atoms with Gasteiger partial charge in [0.2, 0.25) is 5.91 Å². The van der Waals surface area contributed by atoms with E-state index in [4.69, 9.17) is 9.47 Å². The van der Waals surface area contributed by atoms with Gasteiger partial charge >= 0.3 is 6.09 Å². The predicted octanol–water partition coefficient (Wildman–Crippen LogP) is 5.36. The number of carbonyl (C=O) groups excluding carboxylic acids is 2. The quantitative estimate of drug-likeness (QED) is 0.216. The van der Waals surface area contributed by atoms with E-state index in [9.17, 15) is 9.59 Å². The first kappa shape index (κ1) is 28.8. The summed E-state index contributed by atoms with van der Waals surface area (Å²) in [6.45, 7) is 4.27. The third-order valence-corrected chi connectivity index (χ3v) is 7.37. The van der Waals surface area contributed by atoms with Gasteiger partial charge in [0.15, 0.2) is 0 Å². The van der Waals surface area contributed by atoms with Crippen LogP contribution in [0.15, 0.2) is 48.4 Å². The number of hydrogen-bond acceptors (Lipinski definition) is 6. The second-order valence-electron chi connectivity index (χ2n) is 10.6. The molecule has 212 valence electrons. The summed E-state index contributed by atoms with van der Waals surface area (Å²) in [5, 5.41) is 11.3. The maximum Gasteiger partial charge on any atom is 0.415 e. The van der Waals surface area contributed by atoms with Gasteiger partial charge in [-0.05, 0) is 12.0 Å². The molecule has 3 heterocycles. The number of benzene rings is 1. The Morgan fingerprint density at radius 2 is 1.79 bits per heavy atom. The molecule has 0 bridgehead atoms. The van der Waals surface area contributed by atoms with Crippen LogP contribution in [0.1, 0.15) is 88.8 Å². The molecule has 2 amide bonds. The highest BCUT2D eigenvalue weighted by Crippen LogP contribution is 2.33. The Morgan fingerprint density at radius 3 is 2.54 bits per heavy atom. The number of rotatable bonds is 17. The number of cyclic esters (lactones) is 1. The molecule has 0 spiro atoms. The molecule has 2 aliphatic rings. The number of carbonyl (C=O) groups is 2. The highest BCUT2D eigenvalue weighted by atomic mass is 16.6. The predicted molar refractivity (Wildman–Crippen MR) is 149 cm³/mol. The molecule has 2 aliphatic heterocycles. The van der Waals surface area contributed by atoms with Crippen molar-refractivity contribution in [1.82, 2.24) is 25.2 Å². The van der Waals surface area contributed by atoms with Gasteiger partial charge in [0.1, 0.15) is 11.5 Å². The number of aromatic nitrogens is 3. The van der Waals surface area contributed by atoms with Gasteiger partial charge < -0.3 is 14.8 Å². The molecule has 4 rings (SSSR count). The monoisotopic (exact) mass is 537 g/mol. The Morgan fingerprint density at radius 1 is 1.08 bits per heavy atom. The minimum atomic E-state index is -0.423. The van der Waals surface area contributed by atoms with Crippen molar-refractivity contribution in [1.29, 1.82) is 0 Å². The minimum absolute atomic E-state index is 0.153. The Bertz CT molecular complexity index is 1070. The first-order chi connectivity index (χ1) is 19.1. The fraction of sp³-hybridized carbons (Fsp3) is 0.600. The van der Waals surface area contributed by atoms with E-state index < -0.39 is 6.09 Å². The summed E-state index contributed by atoms with van der Waals surface area (Å²) in [5.41, 5.74) is 1.89. The van der Waals surface area contributed by atoms with Crippen molar-refractivity contribution in [3.05, 3.63) is 59.6 Å². The van der Waals surface area contributed by atoms with Crippen molar-refractivity contribution >= 4 is 12.0 Å². The second kappa shape index (κ2) is 15.4. The van der Waals surface area contributed by atoms with Crippen molar-refractivity contribution < 1.29 is 19.1 Å². The maximum atomic E-state index is 12.4. The van der Waals surface area contributed by atoms with Crippen molar-refractivity contribution in [2.24, 2.45) is 0 Å². The van der Waals surface area contributed by atoms with Crippen LogP contribution >= 0.6 is 0 Å². The molecular weight excluding hydrogens is 494 g/mol. The number of fused-ring (bicyclic) bond motifs is 1. The highest BCUT2D eigenvalue weighted by molar-refractivity contribution is 5.89. The van der Waals surface area contributed by atoms with Crippen LogP contribution < -0.4 is 5.32 Å². The summed E-state index contributed by atoms with van der Waals surface area (Å²) in [4.78, 5) is 26.4.